The van der Waals surface area contributed by atoms with Gasteiger partial charge in [0.05, 0.1) is 16.6 Å². The molecule has 1 heterocycles. The monoisotopic (exact) mass is 365 g/mol. The third-order valence-electron chi connectivity index (χ3n) is 7.27. The largest absolute Gasteiger partial charge is 0.293 e. The van der Waals surface area contributed by atoms with Gasteiger partial charge in [-0.25, -0.2) is 4.98 Å². The molecule has 0 saturated heterocycles. The molecule has 0 unspecified atom stereocenters. The lowest BCUT2D eigenvalue weighted by atomic mass is 9.70. The zero-order valence-corrected chi connectivity index (χ0v) is 16.3. The van der Waals surface area contributed by atoms with Crippen LogP contribution in [0, 0.1) is 5.41 Å². The maximum absolute atomic E-state index is 12.9. The molecule has 0 radical (unpaired) electrons. The first-order valence-corrected chi connectivity index (χ1v) is 10.3. The van der Waals surface area contributed by atoms with E-state index in [9.17, 15) is 4.79 Å². The van der Waals surface area contributed by atoms with E-state index in [1.807, 2.05) is 18.2 Å². The number of Topliss-reactive ketones (excluding diaryl/α,β-unsaturated/α-hetero) is 1. The van der Waals surface area contributed by atoms with E-state index in [2.05, 4.69) is 37.0 Å². The Morgan fingerprint density at radius 2 is 1.92 bits per heavy atom. The molecule has 2 bridgehead atoms. The summed E-state index contributed by atoms with van der Waals surface area (Å²) in [5, 5.41) is 9.52. The molecule has 3 aliphatic carbocycles. The van der Waals surface area contributed by atoms with Crippen LogP contribution in [0.4, 0.5) is 0 Å². The fourth-order valence-corrected chi connectivity index (χ4v) is 6.18. The number of ketones is 1. The predicted molar refractivity (Wildman–Crippen MR) is 102 cm³/mol. The first kappa shape index (κ1) is 16.4. The first-order chi connectivity index (χ1) is 12.4. The fourth-order valence-electron chi connectivity index (χ4n) is 5.22. The molecule has 1 fully saturated rings. The minimum absolute atomic E-state index is 0.0709. The molecule has 3 atom stereocenters. The van der Waals surface area contributed by atoms with Crippen molar-refractivity contribution < 1.29 is 4.79 Å². The number of thioether (sulfide) groups is 1. The van der Waals surface area contributed by atoms with E-state index >= 15 is 0 Å². The highest BCUT2D eigenvalue weighted by Gasteiger charge is 2.61. The summed E-state index contributed by atoms with van der Waals surface area (Å²) in [6, 6.07) is 7.94. The Hall–Kier alpha value is -1.75. The van der Waals surface area contributed by atoms with Crippen LogP contribution in [0.15, 0.2) is 29.4 Å². The van der Waals surface area contributed by atoms with Crippen LogP contribution in [0.25, 0.3) is 0 Å². The van der Waals surface area contributed by atoms with Crippen LogP contribution in [0.3, 0.4) is 0 Å². The van der Waals surface area contributed by atoms with Crippen LogP contribution in [-0.4, -0.2) is 26.2 Å². The zero-order chi connectivity index (χ0) is 18.1. The normalized spacial score (nSPS) is 31.0. The second-order valence-electron chi connectivity index (χ2n) is 8.64. The predicted octanol–water partition coefficient (Wildman–Crippen LogP) is 4.34. The van der Waals surface area contributed by atoms with Crippen molar-refractivity contribution in [2.45, 2.75) is 68.2 Å². The number of aromatic nitrogens is 3. The van der Waals surface area contributed by atoms with Crippen molar-refractivity contribution in [2.24, 2.45) is 5.41 Å². The minimum atomic E-state index is -0.107. The first-order valence-electron chi connectivity index (χ1n) is 9.46. The van der Waals surface area contributed by atoms with E-state index in [0.717, 1.165) is 41.8 Å². The van der Waals surface area contributed by atoms with E-state index in [0.29, 0.717) is 11.1 Å². The van der Waals surface area contributed by atoms with Crippen LogP contribution in [0.1, 0.15) is 73.3 Å². The van der Waals surface area contributed by atoms with Crippen LogP contribution in [0.2, 0.25) is 0 Å². The average Bonchev–Trinajstić information content (AvgIpc) is 2.97. The van der Waals surface area contributed by atoms with Gasteiger partial charge in [0.1, 0.15) is 0 Å². The number of carbonyl (C=O) groups is 1. The van der Waals surface area contributed by atoms with Gasteiger partial charge < -0.3 is 0 Å². The topological polar surface area (TPSA) is 55.7 Å². The smallest absolute Gasteiger partial charge is 0.210 e. The third-order valence-corrected chi connectivity index (χ3v) is 8.39. The van der Waals surface area contributed by atoms with Crippen LogP contribution in [0.5, 0.6) is 0 Å². The van der Waals surface area contributed by atoms with Gasteiger partial charge in [-0.2, -0.15) is 5.10 Å². The highest BCUT2D eigenvalue weighted by molar-refractivity contribution is 8.00. The van der Waals surface area contributed by atoms with Gasteiger partial charge in [-0.1, -0.05) is 56.8 Å². The Balaban J connectivity index is 1.45. The van der Waals surface area contributed by atoms with Crippen molar-refractivity contribution in [3.05, 3.63) is 46.8 Å². The second-order valence-corrected chi connectivity index (χ2v) is 9.81. The van der Waals surface area contributed by atoms with Crippen molar-refractivity contribution in [1.29, 1.82) is 0 Å². The molecule has 0 spiro atoms. The van der Waals surface area contributed by atoms with Gasteiger partial charge >= 0.3 is 0 Å². The quantitative estimate of drug-likeness (QED) is 0.792. The Morgan fingerprint density at radius 1 is 1.12 bits per heavy atom. The standard InChI is InChI=1S/C21H23N3OS/c1-20(2)14-10-11-21(20,3)18-16(14)23-24-19(22-18)26-15-9-8-12-6-4-5-7-13(12)17(15)25/h4-7,14-15H,8-11H2,1-3H3/t14-,15-,21+/m0/s1. The molecule has 26 heavy (non-hydrogen) atoms. The molecular weight excluding hydrogens is 342 g/mol. The summed E-state index contributed by atoms with van der Waals surface area (Å²) in [5.74, 6) is 0.666. The van der Waals surface area contributed by atoms with Gasteiger partial charge in [-0.15, -0.1) is 5.10 Å². The highest BCUT2D eigenvalue weighted by Crippen LogP contribution is 2.66. The molecule has 0 N–H and O–H groups in total. The summed E-state index contributed by atoms with van der Waals surface area (Å²) >= 11 is 1.49. The molecule has 3 aliphatic rings. The Morgan fingerprint density at radius 3 is 2.77 bits per heavy atom. The maximum Gasteiger partial charge on any atom is 0.210 e. The number of nitrogens with zero attached hydrogens (tertiary/aromatic N) is 3. The number of aryl methyl sites for hydroxylation is 1. The van der Waals surface area contributed by atoms with Gasteiger partial charge in [0.15, 0.2) is 5.78 Å². The molecule has 1 aromatic heterocycles. The molecule has 1 saturated carbocycles. The number of rotatable bonds is 2. The van der Waals surface area contributed by atoms with Gasteiger partial charge in [0.2, 0.25) is 5.16 Å². The average molecular weight is 366 g/mol. The second kappa shape index (κ2) is 5.38. The summed E-state index contributed by atoms with van der Waals surface area (Å²) in [4.78, 5) is 17.8. The minimum Gasteiger partial charge on any atom is -0.293 e. The molecule has 2 aromatic rings. The fraction of sp³-hybridized carbons (Fsp3) is 0.524. The molecular formula is C21H23N3OS. The highest BCUT2D eigenvalue weighted by atomic mass is 32.2. The van der Waals surface area contributed by atoms with Crippen molar-refractivity contribution in [2.75, 3.05) is 0 Å². The van der Waals surface area contributed by atoms with Crippen LogP contribution < -0.4 is 0 Å². The maximum atomic E-state index is 12.9. The molecule has 1 aromatic carbocycles. The van der Waals surface area contributed by atoms with E-state index in [-0.39, 0.29) is 21.9 Å². The number of hydrogen-bond acceptors (Lipinski definition) is 5. The third kappa shape index (κ3) is 2.04. The lowest BCUT2D eigenvalue weighted by Gasteiger charge is -2.34. The van der Waals surface area contributed by atoms with Gasteiger partial charge in [-0.05, 0) is 36.7 Å². The summed E-state index contributed by atoms with van der Waals surface area (Å²) in [6.45, 7) is 6.99. The number of hydrogen-bond donors (Lipinski definition) is 0. The Labute approximate surface area is 158 Å². The SMILES string of the molecule is CC1(C)[C@H]2CC[C@]1(C)c1nc(S[C@H]3CCc4ccccc4C3=O)nnc12. The Kier molecular flexibility index (Phi) is 3.40. The van der Waals surface area contributed by atoms with Crippen molar-refractivity contribution in [3.63, 3.8) is 0 Å². The van der Waals surface area contributed by atoms with Gasteiger partial charge in [-0.3, -0.25) is 4.79 Å². The summed E-state index contributed by atoms with van der Waals surface area (Å²) < 4.78 is 0. The van der Waals surface area contributed by atoms with Crippen molar-refractivity contribution in [3.8, 4) is 0 Å². The van der Waals surface area contributed by atoms with E-state index < -0.39 is 0 Å². The molecule has 0 aliphatic heterocycles. The number of fused-ring (bicyclic) bond motifs is 6. The van der Waals surface area contributed by atoms with Crippen molar-refractivity contribution in [1.82, 2.24) is 15.2 Å². The molecule has 5 rings (SSSR count). The summed E-state index contributed by atoms with van der Waals surface area (Å²) in [7, 11) is 0. The zero-order valence-electron chi connectivity index (χ0n) is 15.5. The lowest BCUT2D eigenvalue weighted by molar-refractivity contribution is 0.0979. The molecule has 0 amide bonds. The van der Waals surface area contributed by atoms with Gasteiger partial charge in [0, 0.05) is 16.9 Å². The van der Waals surface area contributed by atoms with E-state index in [4.69, 9.17) is 4.98 Å². The number of carbonyl (C=O) groups excluding carboxylic acids is 1. The van der Waals surface area contributed by atoms with Crippen LogP contribution in [-0.2, 0) is 11.8 Å². The van der Waals surface area contributed by atoms with Gasteiger partial charge in [0.25, 0.3) is 0 Å². The van der Waals surface area contributed by atoms with E-state index in [1.165, 1.54) is 18.2 Å². The van der Waals surface area contributed by atoms with Crippen molar-refractivity contribution >= 4 is 17.5 Å². The molecule has 5 heteroatoms. The summed E-state index contributed by atoms with van der Waals surface area (Å²) in [6.07, 6.45) is 4.12. The Bertz CT molecular complexity index is 925. The lowest BCUT2D eigenvalue weighted by Crippen LogP contribution is -2.32. The number of benzene rings is 1. The van der Waals surface area contributed by atoms with E-state index in [1.54, 1.807) is 0 Å². The molecule has 4 nitrogen and oxygen atoms in total. The van der Waals surface area contributed by atoms with Crippen LogP contribution >= 0.6 is 11.8 Å². The molecule has 134 valence electrons. The summed E-state index contributed by atoms with van der Waals surface area (Å²) in [5.41, 5.74) is 4.49.